The van der Waals surface area contributed by atoms with Gasteiger partial charge >= 0.3 is 0 Å². The third kappa shape index (κ3) is 4.22. The van der Waals surface area contributed by atoms with Crippen LogP contribution in [-0.2, 0) is 11.2 Å². The number of carbonyl (C=O) groups is 1. The molecule has 0 spiro atoms. The number of likely N-dealkylation sites (tertiary alicyclic amines) is 1. The van der Waals surface area contributed by atoms with Gasteiger partial charge in [-0.15, -0.1) is 0 Å². The van der Waals surface area contributed by atoms with Crippen LogP contribution in [-0.4, -0.2) is 36.0 Å². The van der Waals surface area contributed by atoms with Crippen molar-refractivity contribution in [3.05, 3.63) is 34.9 Å². The Bertz CT molecular complexity index is 440. The number of nitrogens with one attached hydrogen (secondary N) is 1. The van der Waals surface area contributed by atoms with Crippen LogP contribution in [0.1, 0.15) is 32.3 Å². The van der Waals surface area contributed by atoms with Gasteiger partial charge in [0.1, 0.15) is 0 Å². The fourth-order valence-corrected chi connectivity index (χ4v) is 2.87. The third-order valence-corrected chi connectivity index (χ3v) is 4.03. The highest BCUT2D eigenvalue weighted by molar-refractivity contribution is 6.30. The summed E-state index contributed by atoms with van der Waals surface area (Å²) in [5, 5.41) is 4.15. The molecule has 110 valence electrons. The topological polar surface area (TPSA) is 32.3 Å². The third-order valence-electron chi connectivity index (χ3n) is 3.78. The Balaban J connectivity index is 1.82. The molecule has 0 bridgehead atoms. The molecule has 1 aliphatic heterocycles. The summed E-state index contributed by atoms with van der Waals surface area (Å²) in [6.45, 7) is 5.90. The van der Waals surface area contributed by atoms with Gasteiger partial charge in [-0.25, -0.2) is 0 Å². The average Bonchev–Trinajstić information content (AvgIpc) is 2.94. The molecule has 0 radical (unpaired) electrons. The highest BCUT2D eigenvalue weighted by Gasteiger charge is 2.23. The Morgan fingerprint density at radius 3 is 2.45 bits per heavy atom. The summed E-state index contributed by atoms with van der Waals surface area (Å²) in [4.78, 5) is 14.2. The van der Waals surface area contributed by atoms with Gasteiger partial charge in [-0.05, 0) is 50.8 Å². The van der Waals surface area contributed by atoms with Crippen molar-refractivity contribution in [2.75, 3.05) is 13.1 Å². The Hall–Kier alpha value is -1.06. The normalized spacial score (nSPS) is 18.1. The minimum Gasteiger partial charge on any atom is -0.341 e. The van der Waals surface area contributed by atoms with Gasteiger partial charge in [-0.2, -0.15) is 0 Å². The van der Waals surface area contributed by atoms with E-state index in [9.17, 15) is 4.79 Å². The van der Waals surface area contributed by atoms with E-state index in [2.05, 4.69) is 12.2 Å². The number of nitrogens with zero attached hydrogens (tertiary/aromatic N) is 1. The van der Waals surface area contributed by atoms with Gasteiger partial charge in [-0.1, -0.05) is 23.7 Å². The van der Waals surface area contributed by atoms with Crippen LogP contribution in [0, 0.1) is 0 Å². The van der Waals surface area contributed by atoms with Crippen LogP contribution < -0.4 is 5.32 Å². The lowest BCUT2D eigenvalue weighted by Gasteiger charge is -2.24. The molecule has 2 unspecified atom stereocenters. The number of benzene rings is 1. The largest absolute Gasteiger partial charge is 0.341 e. The zero-order valence-corrected chi connectivity index (χ0v) is 13.0. The summed E-state index contributed by atoms with van der Waals surface area (Å²) in [7, 11) is 0. The van der Waals surface area contributed by atoms with Crippen molar-refractivity contribution >= 4 is 17.5 Å². The number of amides is 1. The Morgan fingerprint density at radius 1 is 1.25 bits per heavy atom. The Morgan fingerprint density at radius 2 is 1.85 bits per heavy atom. The van der Waals surface area contributed by atoms with Crippen LogP contribution in [0.25, 0.3) is 0 Å². The van der Waals surface area contributed by atoms with E-state index in [1.54, 1.807) is 0 Å². The maximum absolute atomic E-state index is 12.2. The number of carbonyl (C=O) groups excluding carboxylic acids is 1. The minimum atomic E-state index is -0.115. The Kier molecular flexibility index (Phi) is 5.44. The van der Waals surface area contributed by atoms with E-state index in [4.69, 9.17) is 11.6 Å². The zero-order chi connectivity index (χ0) is 14.5. The van der Waals surface area contributed by atoms with Gasteiger partial charge in [0, 0.05) is 24.2 Å². The average molecular weight is 295 g/mol. The van der Waals surface area contributed by atoms with Gasteiger partial charge in [0.05, 0.1) is 6.04 Å². The maximum atomic E-state index is 12.2. The minimum absolute atomic E-state index is 0.115. The first-order valence-electron chi connectivity index (χ1n) is 7.35. The fourth-order valence-electron chi connectivity index (χ4n) is 2.74. The lowest BCUT2D eigenvalue weighted by atomic mass is 10.1. The Labute approximate surface area is 126 Å². The molecule has 1 fully saturated rings. The molecule has 2 atom stereocenters. The summed E-state index contributed by atoms with van der Waals surface area (Å²) in [5.74, 6) is 0.227. The van der Waals surface area contributed by atoms with E-state index in [1.165, 1.54) is 5.56 Å². The van der Waals surface area contributed by atoms with Crippen LogP contribution in [0.15, 0.2) is 24.3 Å². The van der Waals surface area contributed by atoms with Gasteiger partial charge in [-0.3, -0.25) is 4.79 Å². The van der Waals surface area contributed by atoms with Crippen LogP contribution in [0.2, 0.25) is 5.02 Å². The number of rotatable bonds is 5. The second kappa shape index (κ2) is 7.09. The molecule has 1 saturated heterocycles. The summed E-state index contributed by atoms with van der Waals surface area (Å²) in [5.41, 5.74) is 1.23. The number of halogens is 1. The van der Waals surface area contributed by atoms with E-state index in [0.717, 1.165) is 37.4 Å². The molecule has 1 heterocycles. The van der Waals surface area contributed by atoms with Crippen LogP contribution in [0.4, 0.5) is 0 Å². The van der Waals surface area contributed by atoms with Gasteiger partial charge in [0.15, 0.2) is 0 Å². The van der Waals surface area contributed by atoms with E-state index in [-0.39, 0.29) is 18.0 Å². The predicted octanol–water partition coefficient (Wildman–Crippen LogP) is 2.87. The molecular formula is C16H23ClN2O. The monoisotopic (exact) mass is 294 g/mol. The molecule has 20 heavy (non-hydrogen) atoms. The van der Waals surface area contributed by atoms with Gasteiger partial charge in [0.25, 0.3) is 0 Å². The molecule has 1 aromatic rings. The van der Waals surface area contributed by atoms with Gasteiger partial charge in [0.2, 0.25) is 5.91 Å². The van der Waals surface area contributed by atoms with E-state index in [1.807, 2.05) is 36.1 Å². The highest BCUT2D eigenvalue weighted by atomic mass is 35.5. The maximum Gasteiger partial charge on any atom is 0.239 e. The summed E-state index contributed by atoms with van der Waals surface area (Å²) >= 11 is 5.88. The standard InChI is InChI=1S/C16H23ClN2O/c1-12(11-14-5-7-15(17)8-6-14)18-13(2)16(20)19-9-3-4-10-19/h5-8,12-13,18H,3-4,9-11H2,1-2H3. The quantitative estimate of drug-likeness (QED) is 0.906. The van der Waals surface area contributed by atoms with Crippen molar-refractivity contribution in [3.8, 4) is 0 Å². The molecule has 3 nitrogen and oxygen atoms in total. The second-order valence-electron chi connectivity index (χ2n) is 5.65. The zero-order valence-electron chi connectivity index (χ0n) is 12.2. The first kappa shape index (κ1) is 15.3. The lowest BCUT2D eigenvalue weighted by Crippen LogP contribution is -2.47. The highest BCUT2D eigenvalue weighted by Crippen LogP contribution is 2.12. The molecule has 1 aliphatic rings. The number of hydrogen-bond donors (Lipinski definition) is 1. The summed E-state index contributed by atoms with van der Waals surface area (Å²) < 4.78 is 0. The molecule has 0 saturated carbocycles. The van der Waals surface area contributed by atoms with Crippen molar-refractivity contribution < 1.29 is 4.79 Å². The molecular weight excluding hydrogens is 272 g/mol. The van der Waals surface area contributed by atoms with Crippen molar-refractivity contribution in [3.63, 3.8) is 0 Å². The van der Waals surface area contributed by atoms with Crippen molar-refractivity contribution in [1.82, 2.24) is 10.2 Å². The van der Waals surface area contributed by atoms with E-state index in [0.29, 0.717) is 0 Å². The van der Waals surface area contributed by atoms with Crippen LogP contribution in [0.5, 0.6) is 0 Å². The van der Waals surface area contributed by atoms with Crippen LogP contribution in [0.3, 0.4) is 0 Å². The molecule has 2 rings (SSSR count). The van der Waals surface area contributed by atoms with Crippen LogP contribution >= 0.6 is 11.6 Å². The van der Waals surface area contributed by atoms with Gasteiger partial charge < -0.3 is 10.2 Å². The number of hydrogen-bond acceptors (Lipinski definition) is 2. The molecule has 1 aromatic carbocycles. The summed E-state index contributed by atoms with van der Waals surface area (Å²) in [6, 6.07) is 8.03. The first-order chi connectivity index (χ1) is 9.56. The van der Waals surface area contributed by atoms with Crippen molar-refractivity contribution in [2.24, 2.45) is 0 Å². The van der Waals surface area contributed by atoms with Crippen molar-refractivity contribution in [1.29, 1.82) is 0 Å². The summed E-state index contributed by atoms with van der Waals surface area (Å²) in [6.07, 6.45) is 3.17. The van der Waals surface area contributed by atoms with Crippen molar-refractivity contribution in [2.45, 2.75) is 45.2 Å². The fraction of sp³-hybridized carbons (Fsp3) is 0.562. The van der Waals surface area contributed by atoms with E-state index < -0.39 is 0 Å². The van der Waals surface area contributed by atoms with E-state index >= 15 is 0 Å². The first-order valence-corrected chi connectivity index (χ1v) is 7.73. The molecule has 1 N–H and O–H groups in total. The molecule has 0 aliphatic carbocycles. The second-order valence-corrected chi connectivity index (χ2v) is 6.09. The predicted molar refractivity (Wildman–Crippen MR) is 83.0 cm³/mol. The molecule has 0 aromatic heterocycles. The SMILES string of the molecule is CC(Cc1ccc(Cl)cc1)NC(C)C(=O)N1CCCC1. The smallest absolute Gasteiger partial charge is 0.239 e. The lowest BCUT2D eigenvalue weighted by molar-refractivity contribution is -0.132. The molecule has 1 amide bonds. The molecule has 4 heteroatoms.